The summed E-state index contributed by atoms with van der Waals surface area (Å²) in [5.74, 6) is -0.605. The van der Waals surface area contributed by atoms with Crippen molar-refractivity contribution in [3.63, 3.8) is 0 Å². The number of nitrogens with one attached hydrogen (secondary N) is 1. The predicted molar refractivity (Wildman–Crippen MR) is 77.1 cm³/mol. The number of nitrogens with zero attached hydrogens (tertiary/aromatic N) is 2. The minimum atomic E-state index is -0.989. The molecule has 110 valence electrons. The molecule has 1 amide bonds. The molecule has 0 saturated heterocycles. The smallest absolute Gasteiger partial charge is 0.335 e. The molecule has 2 N–H and O–H groups in total. The molecule has 0 bridgehead atoms. The summed E-state index contributed by atoms with van der Waals surface area (Å²) in [6.07, 6.45) is 1.60. The number of carbonyl (C=O) groups excluding carboxylic acids is 1. The maximum atomic E-state index is 11.6. The van der Waals surface area contributed by atoms with Gasteiger partial charge in [-0.05, 0) is 25.5 Å². The maximum absolute atomic E-state index is 11.6. The topological polar surface area (TPSA) is 82.5 Å². The molecular weight excluding hydrogens is 258 g/mol. The number of carboxylic acids is 1. The number of likely N-dealkylation sites (N-methyl/N-ethyl adjacent to an activating group) is 2. The van der Waals surface area contributed by atoms with Gasteiger partial charge in [-0.3, -0.25) is 4.79 Å². The Labute approximate surface area is 118 Å². The van der Waals surface area contributed by atoms with Gasteiger partial charge in [-0.25, -0.2) is 9.78 Å². The molecule has 0 saturated carbocycles. The predicted octanol–water partition coefficient (Wildman–Crippen LogP) is 1.30. The van der Waals surface area contributed by atoms with Gasteiger partial charge in [0.2, 0.25) is 5.91 Å². The Kier molecular flexibility index (Phi) is 5.96. The van der Waals surface area contributed by atoms with Crippen LogP contribution in [0.5, 0.6) is 0 Å². The Morgan fingerprint density at radius 2 is 2.05 bits per heavy atom. The first-order chi connectivity index (χ1) is 9.47. The number of aromatic nitrogens is 1. The van der Waals surface area contributed by atoms with Crippen LogP contribution in [0, 0.1) is 0 Å². The van der Waals surface area contributed by atoms with Gasteiger partial charge in [0.1, 0.15) is 5.82 Å². The molecule has 1 aromatic rings. The average Bonchev–Trinajstić information content (AvgIpc) is 2.38. The Bertz CT molecular complexity index is 489. The van der Waals surface area contributed by atoms with Crippen molar-refractivity contribution in [3.8, 4) is 0 Å². The fourth-order valence-electron chi connectivity index (χ4n) is 1.82. The van der Waals surface area contributed by atoms with E-state index in [0.29, 0.717) is 18.8 Å². The van der Waals surface area contributed by atoms with E-state index in [1.807, 2.05) is 13.8 Å². The zero-order valence-electron chi connectivity index (χ0n) is 12.1. The molecule has 0 fully saturated rings. The van der Waals surface area contributed by atoms with Crippen molar-refractivity contribution < 1.29 is 14.7 Å². The summed E-state index contributed by atoms with van der Waals surface area (Å²) in [4.78, 5) is 28.7. The number of rotatable bonds is 7. The van der Waals surface area contributed by atoms with Crippen molar-refractivity contribution >= 4 is 17.7 Å². The van der Waals surface area contributed by atoms with Crippen LogP contribution in [0.25, 0.3) is 0 Å². The molecule has 1 heterocycles. The number of aromatic carboxylic acids is 1. The SMILES string of the molecule is CCCc1cc(C(=O)O)cc(N(C)CC(=O)NCC)n1. The summed E-state index contributed by atoms with van der Waals surface area (Å²) in [5, 5.41) is 11.8. The lowest BCUT2D eigenvalue weighted by atomic mass is 10.1. The normalized spacial score (nSPS) is 10.2. The lowest BCUT2D eigenvalue weighted by Gasteiger charge is -2.18. The maximum Gasteiger partial charge on any atom is 0.335 e. The lowest BCUT2D eigenvalue weighted by molar-refractivity contribution is -0.119. The van der Waals surface area contributed by atoms with Crippen molar-refractivity contribution in [1.29, 1.82) is 0 Å². The second-order valence-electron chi connectivity index (χ2n) is 4.57. The second kappa shape index (κ2) is 7.47. The van der Waals surface area contributed by atoms with Crippen LogP contribution in [0.3, 0.4) is 0 Å². The van der Waals surface area contributed by atoms with Crippen molar-refractivity contribution in [1.82, 2.24) is 10.3 Å². The molecule has 6 nitrogen and oxygen atoms in total. The van der Waals surface area contributed by atoms with Gasteiger partial charge in [-0.15, -0.1) is 0 Å². The first kappa shape index (κ1) is 15.9. The monoisotopic (exact) mass is 279 g/mol. The van der Waals surface area contributed by atoms with Gasteiger partial charge >= 0.3 is 5.97 Å². The van der Waals surface area contributed by atoms with Crippen molar-refractivity contribution in [2.24, 2.45) is 0 Å². The number of amides is 1. The zero-order valence-corrected chi connectivity index (χ0v) is 12.1. The van der Waals surface area contributed by atoms with Crippen LogP contribution >= 0.6 is 0 Å². The van der Waals surface area contributed by atoms with E-state index in [0.717, 1.165) is 12.1 Å². The van der Waals surface area contributed by atoms with Gasteiger partial charge < -0.3 is 15.3 Å². The van der Waals surface area contributed by atoms with Crippen molar-refractivity contribution in [2.45, 2.75) is 26.7 Å². The number of aryl methyl sites for hydroxylation is 1. The Hall–Kier alpha value is -2.11. The highest BCUT2D eigenvalue weighted by molar-refractivity contribution is 5.89. The molecule has 0 aliphatic rings. The lowest BCUT2D eigenvalue weighted by Crippen LogP contribution is -2.35. The van der Waals surface area contributed by atoms with Crippen LogP contribution in [0.1, 0.15) is 36.3 Å². The van der Waals surface area contributed by atoms with Gasteiger partial charge in [-0.2, -0.15) is 0 Å². The van der Waals surface area contributed by atoms with Gasteiger partial charge in [0.05, 0.1) is 12.1 Å². The van der Waals surface area contributed by atoms with Gasteiger partial charge in [0.15, 0.2) is 0 Å². The van der Waals surface area contributed by atoms with E-state index >= 15 is 0 Å². The summed E-state index contributed by atoms with van der Waals surface area (Å²) in [6, 6.07) is 3.07. The molecule has 0 aromatic carbocycles. The Morgan fingerprint density at radius 1 is 1.35 bits per heavy atom. The number of carboxylic acid groups (broad SMARTS) is 1. The second-order valence-corrected chi connectivity index (χ2v) is 4.57. The average molecular weight is 279 g/mol. The van der Waals surface area contributed by atoms with Gasteiger partial charge in [0.25, 0.3) is 0 Å². The summed E-state index contributed by atoms with van der Waals surface area (Å²) < 4.78 is 0. The van der Waals surface area contributed by atoms with Crippen molar-refractivity contribution in [3.05, 3.63) is 23.4 Å². The molecule has 0 atom stereocenters. The third-order valence-electron chi connectivity index (χ3n) is 2.76. The van der Waals surface area contributed by atoms with E-state index in [-0.39, 0.29) is 18.0 Å². The number of pyridine rings is 1. The standard InChI is InChI=1S/C14H21N3O3/c1-4-6-11-7-10(14(19)20)8-12(16-11)17(3)9-13(18)15-5-2/h7-8H,4-6,9H2,1-3H3,(H,15,18)(H,19,20). The minimum absolute atomic E-state index is 0.116. The third kappa shape index (κ3) is 4.53. The molecule has 0 radical (unpaired) electrons. The quantitative estimate of drug-likeness (QED) is 0.786. The van der Waals surface area contributed by atoms with E-state index in [1.54, 1.807) is 18.0 Å². The summed E-state index contributed by atoms with van der Waals surface area (Å²) in [5.41, 5.74) is 0.923. The van der Waals surface area contributed by atoms with E-state index < -0.39 is 5.97 Å². The van der Waals surface area contributed by atoms with Crippen LogP contribution in [-0.4, -0.2) is 42.1 Å². The minimum Gasteiger partial charge on any atom is -0.478 e. The molecule has 20 heavy (non-hydrogen) atoms. The number of hydrogen-bond acceptors (Lipinski definition) is 4. The summed E-state index contributed by atoms with van der Waals surface area (Å²) >= 11 is 0. The third-order valence-corrected chi connectivity index (χ3v) is 2.76. The molecule has 0 aliphatic carbocycles. The van der Waals surface area contributed by atoms with E-state index in [1.165, 1.54) is 6.07 Å². The molecule has 6 heteroatoms. The molecule has 0 unspecified atom stereocenters. The van der Waals surface area contributed by atoms with Crippen LogP contribution in [0.15, 0.2) is 12.1 Å². The molecule has 0 aliphatic heterocycles. The largest absolute Gasteiger partial charge is 0.478 e. The van der Waals surface area contributed by atoms with E-state index in [9.17, 15) is 9.59 Å². The first-order valence-corrected chi connectivity index (χ1v) is 6.70. The van der Waals surface area contributed by atoms with E-state index in [4.69, 9.17) is 5.11 Å². The first-order valence-electron chi connectivity index (χ1n) is 6.70. The van der Waals surface area contributed by atoms with Crippen molar-refractivity contribution in [2.75, 3.05) is 25.0 Å². The van der Waals surface area contributed by atoms with Crippen LogP contribution in [0.4, 0.5) is 5.82 Å². The van der Waals surface area contributed by atoms with E-state index in [2.05, 4.69) is 10.3 Å². The van der Waals surface area contributed by atoms with Crippen LogP contribution < -0.4 is 10.2 Å². The fourth-order valence-corrected chi connectivity index (χ4v) is 1.82. The molecule has 0 spiro atoms. The molecule has 1 rings (SSSR count). The molecule has 1 aromatic heterocycles. The highest BCUT2D eigenvalue weighted by Gasteiger charge is 2.13. The van der Waals surface area contributed by atoms with Gasteiger partial charge in [0, 0.05) is 19.3 Å². The van der Waals surface area contributed by atoms with Crippen LogP contribution in [-0.2, 0) is 11.2 Å². The Morgan fingerprint density at radius 3 is 2.60 bits per heavy atom. The highest BCUT2D eigenvalue weighted by Crippen LogP contribution is 2.15. The van der Waals surface area contributed by atoms with Gasteiger partial charge in [-0.1, -0.05) is 13.3 Å². The zero-order chi connectivity index (χ0) is 15.1. The summed E-state index contributed by atoms with van der Waals surface area (Å²) in [7, 11) is 1.72. The number of hydrogen-bond donors (Lipinski definition) is 2. The fraction of sp³-hybridized carbons (Fsp3) is 0.500. The highest BCUT2D eigenvalue weighted by atomic mass is 16.4. The van der Waals surface area contributed by atoms with Crippen LogP contribution in [0.2, 0.25) is 0 Å². The number of anilines is 1. The summed E-state index contributed by atoms with van der Waals surface area (Å²) in [6.45, 7) is 4.57. The Balaban J connectivity index is 2.97. The number of carbonyl (C=O) groups is 2. The molecular formula is C14H21N3O3.